The summed E-state index contributed by atoms with van der Waals surface area (Å²) >= 11 is 0. The lowest BCUT2D eigenvalue weighted by Gasteiger charge is -2.25. The van der Waals surface area contributed by atoms with Gasteiger partial charge in [0, 0.05) is 18.8 Å². The van der Waals surface area contributed by atoms with Crippen molar-refractivity contribution in [2.45, 2.75) is 26.7 Å². The summed E-state index contributed by atoms with van der Waals surface area (Å²) in [5, 5.41) is 0. The lowest BCUT2D eigenvalue weighted by molar-refractivity contribution is 0.0601. The number of benzene rings is 1. The minimum atomic E-state index is -0.341. The highest BCUT2D eigenvalue weighted by Gasteiger charge is 2.16. The van der Waals surface area contributed by atoms with E-state index in [1.807, 2.05) is 12.1 Å². The molecule has 0 unspecified atom stereocenters. The molecule has 0 amide bonds. The van der Waals surface area contributed by atoms with E-state index in [4.69, 9.17) is 10.5 Å². The Bertz CT molecular complexity index is 405. The average molecular weight is 250 g/mol. The van der Waals surface area contributed by atoms with Crippen molar-refractivity contribution in [3.8, 4) is 0 Å². The Hall–Kier alpha value is -1.71. The summed E-state index contributed by atoms with van der Waals surface area (Å²) in [5.41, 5.74) is 7.74. The van der Waals surface area contributed by atoms with E-state index in [2.05, 4.69) is 18.7 Å². The Labute approximate surface area is 109 Å². The molecule has 100 valence electrons. The van der Waals surface area contributed by atoms with E-state index in [0.29, 0.717) is 11.3 Å². The first kappa shape index (κ1) is 14.4. The summed E-state index contributed by atoms with van der Waals surface area (Å²) in [4.78, 5) is 14.0. The van der Waals surface area contributed by atoms with Crippen LogP contribution in [0.15, 0.2) is 18.2 Å². The number of ether oxygens (including phenoxy) is 1. The number of nitrogens with zero attached hydrogens (tertiary/aromatic N) is 1. The fourth-order valence-electron chi connectivity index (χ4n) is 1.90. The summed E-state index contributed by atoms with van der Waals surface area (Å²) in [5.74, 6) is -0.341. The van der Waals surface area contributed by atoms with Crippen LogP contribution in [-0.4, -0.2) is 26.2 Å². The van der Waals surface area contributed by atoms with E-state index >= 15 is 0 Å². The van der Waals surface area contributed by atoms with Gasteiger partial charge in [0.2, 0.25) is 0 Å². The molecule has 1 rings (SSSR count). The van der Waals surface area contributed by atoms with Gasteiger partial charge in [-0.2, -0.15) is 0 Å². The van der Waals surface area contributed by atoms with E-state index in [1.165, 1.54) is 7.11 Å². The van der Waals surface area contributed by atoms with Crippen LogP contribution in [0.1, 0.15) is 37.0 Å². The Kier molecular flexibility index (Phi) is 5.49. The van der Waals surface area contributed by atoms with Gasteiger partial charge < -0.3 is 15.4 Å². The molecule has 18 heavy (non-hydrogen) atoms. The van der Waals surface area contributed by atoms with Crippen molar-refractivity contribution in [1.82, 2.24) is 0 Å². The fourth-order valence-corrected chi connectivity index (χ4v) is 1.90. The zero-order valence-electron chi connectivity index (χ0n) is 11.4. The first-order valence-corrected chi connectivity index (χ1v) is 6.36. The second-order valence-corrected chi connectivity index (χ2v) is 4.20. The summed E-state index contributed by atoms with van der Waals surface area (Å²) < 4.78 is 4.81. The number of anilines is 2. The molecular formula is C14H22N2O2. The average Bonchev–Trinajstić information content (AvgIpc) is 2.39. The van der Waals surface area contributed by atoms with Gasteiger partial charge >= 0.3 is 5.97 Å². The Morgan fingerprint density at radius 1 is 1.39 bits per heavy atom. The summed E-state index contributed by atoms with van der Waals surface area (Å²) in [6.45, 7) is 6.01. The van der Waals surface area contributed by atoms with Crippen molar-refractivity contribution in [3.05, 3.63) is 23.8 Å². The van der Waals surface area contributed by atoms with Gasteiger partial charge in [0.25, 0.3) is 0 Å². The molecule has 2 N–H and O–H groups in total. The largest absolute Gasteiger partial charge is 0.465 e. The molecule has 0 heterocycles. The molecule has 0 saturated carbocycles. The lowest BCUT2D eigenvalue weighted by atomic mass is 10.1. The number of carbonyl (C=O) groups is 1. The number of hydrogen-bond donors (Lipinski definition) is 1. The van der Waals surface area contributed by atoms with Gasteiger partial charge in [-0.3, -0.25) is 0 Å². The highest BCUT2D eigenvalue weighted by molar-refractivity contribution is 5.96. The second kappa shape index (κ2) is 6.89. The predicted molar refractivity (Wildman–Crippen MR) is 75.0 cm³/mol. The SMILES string of the molecule is CCCCN(CC)c1ccc(N)cc1C(=O)OC. The summed E-state index contributed by atoms with van der Waals surface area (Å²) in [6.07, 6.45) is 2.22. The maximum absolute atomic E-state index is 11.8. The van der Waals surface area contributed by atoms with Crippen molar-refractivity contribution in [3.63, 3.8) is 0 Å². The van der Waals surface area contributed by atoms with Gasteiger partial charge in [-0.25, -0.2) is 4.79 Å². The predicted octanol–water partition coefficient (Wildman–Crippen LogP) is 2.68. The molecule has 0 saturated heterocycles. The smallest absolute Gasteiger partial charge is 0.340 e. The van der Waals surface area contributed by atoms with Crippen molar-refractivity contribution in [2.75, 3.05) is 30.8 Å². The molecule has 0 aliphatic carbocycles. The van der Waals surface area contributed by atoms with E-state index in [0.717, 1.165) is 31.6 Å². The highest BCUT2D eigenvalue weighted by atomic mass is 16.5. The topological polar surface area (TPSA) is 55.6 Å². The van der Waals surface area contributed by atoms with Crippen molar-refractivity contribution in [1.29, 1.82) is 0 Å². The Morgan fingerprint density at radius 2 is 2.11 bits per heavy atom. The number of nitrogen functional groups attached to an aromatic ring is 1. The molecule has 4 nitrogen and oxygen atoms in total. The van der Waals surface area contributed by atoms with Crippen LogP contribution in [0.4, 0.5) is 11.4 Å². The Balaban J connectivity index is 3.08. The molecule has 1 aromatic carbocycles. The lowest BCUT2D eigenvalue weighted by Crippen LogP contribution is -2.26. The molecule has 0 aromatic heterocycles. The molecule has 4 heteroatoms. The number of esters is 1. The van der Waals surface area contributed by atoms with Gasteiger partial charge in [0.05, 0.1) is 18.4 Å². The van der Waals surface area contributed by atoms with Crippen LogP contribution in [0.2, 0.25) is 0 Å². The molecular weight excluding hydrogens is 228 g/mol. The van der Waals surface area contributed by atoms with E-state index < -0.39 is 0 Å². The number of carbonyl (C=O) groups excluding carboxylic acids is 1. The van der Waals surface area contributed by atoms with Crippen LogP contribution >= 0.6 is 0 Å². The van der Waals surface area contributed by atoms with Crippen LogP contribution in [0, 0.1) is 0 Å². The molecule has 0 radical (unpaired) electrons. The van der Waals surface area contributed by atoms with E-state index in [1.54, 1.807) is 6.07 Å². The monoisotopic (exact) mass is 250 g/mol. The minimum Gasteiger partial charge on any atom is -0.465 e. The third-order valence-corrected chi connectivity index (χ3v) is 2.93. The minimum absolute atomic E-state index is 0.341. The molecule has 0 bridgehead atoms. The molecule has 0 atom stereocenters. The van der Waals surface area contributed by atoms with E-state index in [9.17, 15) is 4.79 Å². The van der Waals surface area contributed by atoms with Gasteiger partial charge in [-0.15, -0.1) is 0 Å². The van der Waals surface area contributed by atoms with Crippen molar-refractivity contribution in [2.24, 2.45) is 0 Å². The number of rotatable bonds is 6. The van der Waals surface area contributed by atoms with Crippen LogP contribution < -0.4 is 10.6 Å². The van der Waals surface area contributed by atoms with Crippen LogP contribution in [0.3, 0.4) is 0 Å². The molecule has 0 spiro atoms. The van der Waals surface area contributed by atoms with Gasteiger partial charge in [-0.05, 0) is 31.5 Å². The van der Waals surface area contributed by atoms with Gasteiger partial charge in [0.1, 0.15) is 0 Å². The van der Waals surface area contributed by atoms with Crippen LogP contribution in [0.5, 0.6) is 0 Å². The third-order valence-electron chi connectivity index (χ3n) is 2.93. The number of hydrogen-bond acceptors (Lipinski definition) is 4. The number of methoxy groups -OCH3 is 1. The maximum Gasteiger partial charge on any atom is 0.340 e. The summed E-state index contributed by atoms with van der Waals surface area (Å²) in [7, 11) is 1.39. The summed E-state index contributed by atoms with van der Waals surface area (Å²) in [6, 6.07) is 5.38. The first-order valence-electron chi connectivity index (χ1n) is 6.36. The quantitative estimate of drug-likeness (QED) is 0.623. The van der Waals surface area contributed by atoms with Crippen molar-refractivity contribution >= 4 is 17.3 Å². The molecule has 0 aliphatic rings. The van der Waals surface area contributed by atoms with Crippen LogP contribution in [-0.2, 0) is 4.74 Å². The highest BCUT2D eigenvalue weighted by Crippen LogP contribution is 2.24. The maximum atomic E-state index is 11.8. The molecule has 0 fully saturated rings. The molecule has 0 aliphatic heterocycles. The van der Waals surface area contributed by atoms with Crippen molar-refractivity contribution < 1.29 is 9.53 Å². The second-order valence-electron chi connectivity index (χ2n) is 4.20. The standard InChI is InChI=1S/C14H22N2O2/c1-4-6-9-16(5-2)13-8-7-11(15)10-12(13)14(17)18-3/h7-8,10H,4-6,9,15H2,1-3H3. The normalized spacial score (nSPS) is 10.2. The number of unbranched alkanes of at least 4 members (excludes halogenated alkanes) is 1. The zero-order valence-corrected chi connectivity index (χ0v) is 11.4. The zero-order chi connectivity index (χ0) is 13.5. The van der Waals surface area contributed by atoms with Crippen LogP contribution in [0.25, 0.3) is 0 Å². The van der Waals surface area contributed by atoms with Gasteiger partial charge in [0.15, 0.2) is 0 Å². The third kappa shape index (κ3) is 3.39. The first-order chi connectivity index (χ1) is 8.63. The molecule has 1 aromatic rings. The van der Waals surface area contributed by atoms with E-state index in [-0.39, 0.29) is 5.97 Å². The number of nitrogens with two attached hydrogens (primary N) is 1. The fraction of sp³-hybridized carbons (Fsp3) is 0.500. The Morgan fingerprint density at radius 3 is 2.67 bits per heavy atom. The van der Waals surface area contributed by atoms with Gasteiger partial charge in [-0.1, -0.05) is 13.3 Å².